The maximum absolute atomic E-state index is 8.92. The largest absolute Gasteiger partial charge is 0.501 e. The fourth-order valence-corrected chi connectivity index (χ4v) is 0.931. The lowest BCUT2D eigenvalue weighted by atomic mass is 10.2. The van der Waals surface area contributed by atoms with Gasteiger partial charge in [-0.05, 0) is 6.08 Å². The normalized spacial score (nSPS) is 28.6. The summed E-state index contributed by atoms with van der Waals surface area (Å²) in [5, 5.41) is 8.92. The zero-order valence-electron chi connectivity index (χ0n) is 5.20. The van der Waals surface area contributed by atoms with Crippen LogP contribution >= 0.6 is 0 Å². The third kappa shape index (κ3) is 0.727. The molecule has 0 aromatic heterocycles. The molecule has 1 aliphatic carbocycles. The first-order valence-electron chi connectivity index (χ1n) is 2.98. The van der Waals surface area contributed by atoms with Crippen LogP contribution in [0.15, 0.2) is 29.4 Å². The summed E-state index contributed by atoms with van der Waals surface area (Å²) < 4.78 is 10.1. The maximum atomic E-state index is 8.92. The van der Waals surface area contributed by atoms with E-state index in [1.54, 1.807) is 6.08 Å². The van der Waals surface area contributed by atoms with Gasteiger partial charge in [0.15, 0.2) is 12.6 Å². The molecular weight excluding hydrogens is 132 g/mol. The van der Waals surface area contributed by atoms with E-state index in [2.05, 4.69) is 5.73 Å². The lowest BCUT2D eigenvalue weighted by Gasteiger charge is -2.03. The number of fused-ring (bicyclic) bond motifs is 1. The molecule has 2 aliphatic rings. The fraction of sp³-hybridized carbons (Fsp3) is 0.286. The second-order valence-electron chi connectivity index (χ2n) is 2.09. The molecule has 1 aliphatic heterocycles. The van der Waals surface area contributed by atoms with E-state index < -0.39 is 0 Å². The minimum atomic E-state index is -0.129. The van der Waals surface area contributed by atoms with Gasteiger partial charge in [-0.2, -0.15) is 0 Å². The van der Waals surface area contributed by atoms with Crippen LogP contribution in [0.5, 0.6) is 0 Å². The Labute approximate surface area is 57.9 Å². The highest BCUT2D eigenvalue weighted by Gasteiger charge is 2.22. The Morgan fingerprint density at radius 3 is 3.50 bits per heavy atom. The van der Waals surface area contributed by atoms with Crippen LogP contribution in [-0.2, 0) is 9.47 Å². The minimum Gasteiger partial charge on any atom is -0.501 e. The number of aliphatic hydroxyl groups is 1. The number of hydrogen-bond donors (Lipinski definition) is 1. The molecule has 1 atom stereocenters. The molecule has 3 nitrogen and oxygen atoms in total. The van der Waals surface area contributed by atoms with E-state index in [0.717, 1.165) is 0 Å². The summed E-state index contributed by atoms with van der Waals surface area (Å²) in [7, 11) is 0. The first kappa shape index (κ1) is 5.59. The van der Waals surface area contributed by atoms with Crippen LogP contribution in [0.25, 0.3) is 0 Å². The molecule has 10 heavy (non-hydrogen) atoms. The summed E-state index contributed by atoms with van der Waals surface area (Å²) >= 11 is 0. The molecule has 0 radical (unpaired) electrons. The van der Waals surface area contributed by atoms with Crippen molar-refractivity contribution in [2.75, 3.05) is 6.79 Å². The molecule has 1 unspecified atom stereocenters. The first-order chi connectivity index (χ1) is 4.86. The minimum absolute atomic E-state index is 0.0942. The zero-order valence-corrected chi connectivity index (χ0v) is 5.20. The average Bonchev–Trinajstić information content (AvgIpc) is 2.33. The molecule has 3 heteroatoms. The Hall–Kier alpha value is -1.18. The third-order valence-electron chi connectivity index (χ3n) is 1.42. The van der Waals surface area contributed by atoms with Crippen molar-refractivity contribution in [2.24, 2.45) is 0 Å². The third-order valence-corrected chi connectivity index (χ3v) is 1.42. The van der Waals surface area contributed by atoms with Crippen LogP contribution in [-0.4, -0.2) is 18.0 Å². The summed E-state index contributed by atoms with van der Waals surface area (Å²) in [6.45, 7) is 0.266. The van der Waals surface area contributed by atoms with Gasteiger partial charge in [0, 0.05) is 6.08 Å². The van der Waals surface area contributed by atoms with Gasteiger partial charge in [-0.3, -0.25) is 0 Å². The van der Waals surface area contributed by atoms with E-state index >= 15 is 0 Å². The Morgan fingerprint density at radius 1 is 1.70 bits per heavy atom. The summed E-state index contributed by atoms with van der Waals surface area (Å²) in [4.78, 5) is 0. The number of aliphatic hydroxyl groups excluding tert-OH is 1. The van der Waals surface area contributed by atoms with E-state index in [-0.39, 0.29) is 18.7 Å². The number of hydrogen-bond acceptors (Lipinski definition) is 3. The molecule has 1 N–H and O–H groups in total. The topological polar surface area (TPSA) is 38.7 Å². The second-order valence-corrected chi connectivity index (χ2v) is 2.09. The van der Waals surface area contributed by atoms with Crippen LogP contribution in [0.2, 0.25) is 0 Å². The SMILES string of the molecule is OC1=C=CC2OCOC2=C1. The predicted octanol–water partition coefficient (Wildman–Crippen LogP) is 0.854. The van der Waals surface area contributed by atoms with E-state index in [0.29, 0.717) is 5.76 Å². The van der Waals surface area contributed by atoms with Crippen LogP contribution < -0.4 is 0 Å². The van der Waals surface area contributed by atoms with Crippen molar-refractivity contribution in [1.82, 2.24) is 0 Å². The van der Waals surface area contributed by atoms with Gasteiger partial charge in [-0.15, -0.1) is 0 Å². The van der Waals surface area contributed by atoms with Gasteiger partial charge in [0.2, 0.25) is 0 Å². The molecular formula is C7H6O3. The maximum Gasteiger partial charge on any atom is 0.190 e. The van der Waals surface area contributed by atoms with Crippen LogP contribution in [0.1, 0.15) is 0 Å². The monoisotopic (exact) mass is 138 g/mol. The summed E-state index contributed by atoms with van der Waals surface area (Å²) in [5.74, 6) is 0.757. The van der Waals surface area contributed by atoms with Gasteiger partial charge in [0.05, 0.1) is 0 Å². The first-order valence-corrected chi connectivity index (χ1v) is 2.98. The van der Waals surface area contributed by atoms with Crippen LogP contribution in [0.3, 0.4) is 0 Å². The lowest BCUT2D eigenvalue weighted by Crippen LogP contribution is -2.05. The quantitative estimate of drug-likeness (QED) is 0.504. The van der Waals surface area contributed by atoms with Gasteiger partial charge < -0.3 is 14.6 Å². The van der Waals surface area contributed by atoms with E-state index in [1.165, 1.54) is 6.08 Å². The molecule has 2 rings (SSSR count). The number of ether oxygens (including phenoxy) is 2. The Bertz CT molecular complexity index is 246. The lowest BCUT2D eigenvalue weighted by molar-refractivity contribution is 0.0630. The molecule has 0 bridgehead atoms. The van der Waals surface area contributed by atoms with Crippen molar-refractivity contribution in [2.45, 2.75) is 6.10 Å². The van der Waals surface area contributed by atoms with E-state index in [9.17, 15) is 0 Å². The second kappa shape index (κ2) is 1.90. The Balaban J connectivity index is 2.38. The molecule has 52 valence electrons. The van der Waals surface area contributed by atoms with Crippen LogP contribution in [0, 0.1) is 0 Å². The highest BCUT2D eigenvalue weighted by Crippen LogP contribution is 2.21. The predicted molar refractivity (Wildman–Crippen MR) is 33.1 cm³/mol. The summed E-state index contributed by atoms with van der Waals surface area (Å²) in [6, 6.07) is 0. The molecule has 0 aromatic carbocycles. The van der Waals surface area contributed by atoms with Crippen molar-refractivity contribution in [3.05, 3.63) is 29.4 Å². The summed E-state index contributed by atoms with van der Waals surface area (Å²) in [6.07, 6.45) is 3.02. The van der Waals surface area contributed by atoms with Crippen molar-refractivity contribution in [3.8, 4) is 0 Å². The fourth-order valence-electron chi connectivity index (χ4n) is 0.931. The number of rotatable bonds is 0. The van der Waals surface area contributed by atoms with Gasteiger partial charge in [0.25, 0.3) is 0 Å². The van der Waals surface area contributed by atoms with Gasteiger partial charge in [-0.25, -0.2) is 0 Å². The highest BCUT2D eigenvalue weighted by atomic mass is 16.7. The Kier molecular flexibility index (Phi) is 1.07. The zero-order chi connectivity index (χ0) is 6.97. The van der Waals surface area contributed by atoms with Crippen molar-refractivity contribution < 1.29 is 14.6 Å². The average molecular weight is 138 g/mol. The molecule has 1 heterocycles. The van der Waals surface area contributed by atoms with E-state index in [4.69, 9.17) is 14.6 Å². The molecule has 0 aromatic rings. The van der Waals surface area contributed by atoms with E-state index in [1.807, 2.05) is 0 Å². The molecule has 1 saturated heterocycles. The molecule has 0 saturated carbocycles. The Morgan fingerprint density at radius 2 is 2.60 bits per heavy atom. The molecule has 1 fully saturated rings. The van der Waals surface area contributed by atoms with Crippen molar-refractivity contribution in [3.63, 3.8) is 0 Å². The molecule has 0 spiro atoms. The molecule has 0 amide bonds. The summed E-state index contributed by atoms with van der Waals surface area (Å²) in [5.41, 5.74) is 2.62. The van der Waals surface area contributed by atoms with Gasteiger partial charge in [0.1, 0.15) is 11.9 Å². The van der Waals surface area contributed by atoms with Gasteiger partial charge in [-0.1, -0.05) is 5.73 Å². The smallest absolute Gasteiger partial charge is 0.190 e. The van der Waals surface area contributed by atoms with Gasteiger partial charge >= 0.3 is 0 Å². The standard InChI is InChI=1S/C7H6O3/c8-5-1-2-6-7(3-5)10-4-9-6/h2-3,6,8H,4H2. The highest BCUT2D eigenvalue weighted by molar-refractivity contribution is 5.26. The van der Waals surface area contributed by atoms with Crippen molar-refractivity contribution in [1.29, 1.82) is 0 Å². The van der Waals surface area contributed by atoms with Crippen molar-refractivity contribution >= 4 is 0 Å². The van der Waals surface area contributed by atoms with Crippen LogP contribution in [0.4, 0.5) is 0 Å².